The van der Waals surface area contributed by atoms with E-state index in [0.29, 0.717) is 5.56 Å². The van der Waals surface area contributed by atoms with Gasteiger partial charge in [-0.15, -0.1) is 0 Å². The lowest BCUT2D eigenvalue weighted by molar-refractivity contribution is 0.669. The van der Waals surface area contributed by atoms with E-state index in [1.807, 2.05) is 78.9 Å². The van der Waals surface area contributed by atoms with Crippen molar-refractivity contribution < 1.29 is 19.5 Å². The van der Waals surface area contributed by atoms with Crippen molar-refractivity contribution in [3.05, 3.63) is 182 Å². The average Bonchev–Trinajstić information content (AvgIpc) is 3.69. The number of furan rings is 1. The fraction of sp³-hybridized carbons (Fsp3) is 0. The van der Waals surface area contributed by atoms with Crippen LogP contribution in [0.25, 0.3) is 98.8 Å². The lowest BCUT2D eigenvalue weighted by Gasteiger charge is -2.19. The van der Waals surface area contributed by atoms with E-state index in [1.54, 1.807) is 0 Å². The molecule has 0 saturated carbocycles. The van der Waals surface area contributed by atoms with E-state index < -0.39 is 59.5 Å². The van der Waals surface area contributed by atoms with E-state index in [9.17, 15) is 5.48 Å². The van der Waals surface area contributed by atoms with E-state index >= 15 is 0 Å². The van der Waals surface area contributed by atoms with Crippen LogP contribution < -0.4 is 0 Å². The quantitative estimate of drug-likeness (QED) is 0.176. The van der Waals surface area contributed by atoms with Gasteiger partial charge in [-0.1, -0.05) is 158 Å². The standard InChI is InChI=1S/C48H30O/c1-3-13-31(14-4-1)33-24-28-45-44(29-33)38-25-23-34(30-46(38)49-45)35-26-27-43(37-18-8-7-17-36(35)37)48-41-21-11-9-19-39(41)47(32-15-5-2-6-16-32)40-20-10-12-22-42(40)48/h1-30H/i1D,3D,4D,13D,14D,23D,24D,25D,28D,29D,30D. The van der Waals surface area contributed by atoms with Crippen LogP contribution >= 0.6 is 0 Å². The van der Waals surface area contributed by atoms with Crippen molar-refractivity contribution in [2.75, 3.05) is 0 Å². The number of fused-ring (bicyclic) bond motifs is 6. The molecule has 0 spiro atoms. The van der Waals surface area contributed by atoms with Crippen molar-refractivity contribution in [2.24, 2.45) is 0 Å². The van der Waals surface area contributed by atoms with Crippen molar-refractivity contribution in [3.8, 4) is 44.5 Å². The van der Waals surface area contributed by atoms with Crippen LogP contribution in [0.3, 0.4) is 0 Å². The first kappa shape index (κ1) is 18.8. The maximum Gasteiger partial charge on any atom is 0.136 e. The largest absolute Gasteiger partial charge is 0.456 e. The highest BCUT2D eigenvalue weighted by Gasteiger charge is 2.19. The maximum atomic E-state index is 9.52. The van der Waals surface area contributed by atoms with Gasteiger partial charge in [0.25, 0.3) is 0 Å². The molecule has 49 heavy (non-hydrogen) atoms. The molecule has 1 aromatic heterocycles. The van der Waals surface area contributed by atoms with Crippen molar-refractivity contribution in [3.63, 3.8) is 0 Å². The van der Waals surface area contributed by atoms with Gasteiger partial charge in [-0.3, -0.25) is 0 Å². The Morgan fingerprint density at radius 3 is 1.59 bits per heavy atom. The third-order valence-corrected chi connectivity index (χ3v) is 9.22. The zero-order valence-electron chi connectivity index (χ0n) is 36.9. The molecule has 0 aliphatic carbocycles. The van der Waals surface area contributed by atoms with Crippen LogP contribution in [-0.2, 0) is 0 Å². The molecule has 228 valence electrons. The molecule has 0 amide bonds. The topological polar surface area (TPSA) is 13.1 Å². The van der Waals surface area contributed by atoms with Gasteiger partial charge in [-0.2, -0.15) is 0 Å². The molecule has 0 unspecified atom stereocenters. The molecule has 0 bridgehead atoms. The van der Waals surface area contributed by atoms with Gasteiger partial charge in [0.05, 0.1) is 15.1 Å². The summed E-state index contributed by atoms with van der Waals surface area (Å²) in [5, 5.41) is 5.63. The molecule has 10 rings (SSSR count). The Bertz CT molecular complexity index is 3420. The van der Waals surface area contributed by atoms with Crippen LogP contribution in [0.2, 0.25) is 0 Å². The predicted octanol–water partition coefficient (Wildman–Crippen LogP) is 13.7. The van der Waals surface area contributed by atoms with E-state index in [4.69, 9.17) is 14.0 Å². The molecule has 0 fully saturated rings. The highest BCUT2D eigenvalue weighted by atomic mass is 16.3. The number of rotatable bonds is 4. The molecular weight excluding hydrogens is 593 g/mol. The second-order valence-corrected chi connectivity index (χ2v) is 11.9. The van der Waals surface area contributed by atoms with Gasteiger partial charge in [0.2, 0.25) is 0 Å². The molecule has 1 nitrogen and oxygen atoms in total. The summed E-state index contributed by atoms with van der Waals surface area (Å²) >= 11 is 0. The summed E-state index contributed by atoms with van der Waals surface area (Å²) in [6.07, 6.45) is 0. The fourth-order valence-electron chi connectivity index (χ4n) is 7.10. The van der Waals surface area contributed by atoms with E-state index in [2.05, 4.69) is 36.4 Å². The van der Waals surface area contributed by atoms with E-state index in [0.717, 1.165) is 54.6 Å². The van der Waals surface area contributed by atoms with Crippen LogP contribution in [0.15, 0.2) is 186 Å². The molecule has 0 N–H and O–H groups in total. The molecular formula is C48H30O. The summed E-state index contributed by atoms with van der Waals surface area (Å²) in [5.74, 6) is 0. The van der Waals surface area contributed by atoms with Crippen LogP contribution in [0.4, 0.5) is 0 Å². The Morgan fingerprint density at radius 2 is 0.898 bits per heavy atom. The summed E-state index contributed by atoms with van der Waals surface area (Å²) < 4.78 is 103. The molecule has 0 radical (unpaired) electrons. The summed E-state index contributed by atoms with van der Waals surface area (Å²) in [7, 11) is 0. The Labute approximate surface area is 299 Å². The number of benzene rings is 9. The van der Waals surface area contributed by atoms with Crippen molar-refractivity contribution in [1.82, 2.24) is 0 Å². The fourth-order valence-corrected chi connectivity index (χ4v) is 7.10. The van der Waals surface area contributed by atoms with Crippen LogP contribution in [0.5, 0.6) is 0 Å². The minimum atomic E-state index is -0.662. The highest BCUT2D eigenvalue weighted by Crippen LogP contribution is 2.46. The zero-order chi connectivity index (χ0) is 41.9. The van der Waals surface area contributed by atoms with Crippen LogP contribution in [-0.4, -0.2) is 0 Å². The van der Waals surface area contributed by atoms with Crippen LogP contribution in [0.1, 0.15) is 15.1 Å². The minimum absolute atomic E-state index is 0.103. The third-order valence-electron chi connectivity index (χ3n) is 9.22. The van der Waals surface area contributed by atoms with E-state index in [1.165, 1.54) is 0 Å². The SMILES string of the molecule is [2H]c1c([2H])c([2H])c(-c2c([2H])c([2H])c3oc4c([2H])c(-c5ccc(-c6c7ccccc7c(-c7ccccc7)c7ccccc67)c6ccccc56)c([2H])c([2H])c4c3c2[2H])c([2H])c1[2H]. The lowest BCUT2D eigenvalue weighted by Crippen LogP contribution is -1.92. The average molecular weight is 634 g/mol. The van der Waals surface area contributed by atoms with Crippen molar-refractivity contribution >= 4 is 54.3 Å². The zero-order valence-corrected chi connectivity index (χ0v) is 25.9. The van der Waals surface area contributed by atoms with Gasteiger partial charge in [-0.25, -0.2) is 0 Å². The number of hydrogen-bond acceptors (Lipinski definition) is 1. The summed E-state index contributed by atoms with van der Waals surface area (Å²) in [5.41, 5.74) is 3.57. The van der Waals surface area contributed by atoms with Crippen molar-refractivity contribution in [2.45, 2.75) is 0 Å². The lowest BCUT2D eigenvalue weighted by atomic mass is 9.84. The Kier molecular flexibility index (Phi) is 4.25. The van der Waals surface area contributed by atoms with Gasteiger partial charge < -0.3 is 4.42 Å². The van der Waals surface area contributed by atoms with E-state index in [-0.39, 0.29) is 45.6 Å². The monoisotopic (exact) mass is 633 g/mol. The summed E-state index contributed by atoms with van der Waals surface area (Å²) in [6, 6.07) is 32.8. The first-order valence-corrected chi connectivity index (χ1v) is 16.0. The Balaban J connectivity index is 1.24. The number of hydrogen-bond donors (Lipinski definition) is 0. The molecule has 0 atom stereocenters. The van der Waals surface area contributed by atoms with Crippen molar-refractivity contribution in [1.29, 1.82) is 0 Å². The molecule has 1 heterocycles. The first-order valence-electron chi connectivity index (χ1n) is 21.5. The van der Waals surface area contributed by atoms with Gasteiger partial charge >= 0.3 is 0 Å². The smallest absolute Gasteiger partial charge is 0.136 e. The normalized spacial score (nSPS) is 14.8. The second kappa shape index (κ2) is 11.1. The van der Waals surface area contributed by atoms with Gasteiger partial charge in [0, 0.05) is 10.8 Å². The first-order chi connectivity index (χ1) is 28.9. The molecule has 0 aliphatic heterocycles. The molecule has 10 aromatic rings. The minimum Gasteiger partial charge on any atom is -0.456 e. The predicted molar refractivity (Wildman–Crippen MR) is 208 cm³/mol. The van der Waals surface area contributed by atoms with Gasteiger partial charge in [0.15, 0.2) is 0 Å². The summed E-state index contributed by atoms with van der Waals surface area (Å²) in [4.78, 5) is 0. The summed E-state index contributed by atoms with van der Waals surface area (Å²) in [6.45, 7) is 0. The molecule has 0 saturated heterocycles. The molecule has 1 heteroatoms. The Hall–Kier alpha value is -6.44. The van der Waals surface area contributed by atoms with Gasteiger partial charge in [0.1, 0.15) is 11.2 Å². The maximum absolute atomic E-state index is 9.52. The highest BCUT2D eigenvalue weighted by molar-refractivity contribution is 6.24. The van der Waals surface area contributed by atoms with Gasteiger partial charge in [-0.05, 0) is 101 Å². The second-order valence-electron chi connectivity index (χ2n) is 11.9. The molecule has 9 aromatic carbocycles. The third kappa shape index (κ3) is 4.40. The van der Waals surface area contributed by atoms with Crippen LogP contribution in [0, 0.1) is 0 Å². The molecule has 0 aliphatic rings. The Morgan fingerprint density at radius 1 is 0.327 bits per heavy atom.